The number of halogens is 1. The van der Waals surface area contributed by atoms with Crippen molar-refractivity contribution in [3.8, 4) is 0 Å². The fourth-order valence-corrected chi connectivity index (χ4v) is 3.40. The third kappa shape index (κ3) is 4.87. The second-order valence-electron chi connectivity index (χ2n) is 5.16. The van der Waals surface area contributed by atoms with E-state index in [4.69, 9.17) is 0 Å². The molecule has 19 heavy (non-hydrogen) atoms. The molecule has 0 bridgehead atoms. The zero-order chi connectivity index (χ0) is 13.9. The molecule has 0 fully saturated rings. The molecule has 1 aromatic heterocycles. The van der Waals surface area contributed by atoms with Gasteiger partial charge in [0, 0.05) is 21.5 Å². The fourth-order valence-electron chi connectivity index (χ4n) is 1.45. The zero-order valence-electron chi connectivity index (χ0n) is 11.1. The summed E-state index contributed by atoms with van der Waals surface area (Å²) >= 11 is 6.76. The lowest BCUT2D eigenvalue weighted by molar-refractivity contribution is 0.422. The van der Waals surface area contributed by atoms with Gasteiger partial charge < -0.3 is 5.32 Å². The molecule has 0 unspecified atom stereocenters. The number of hydrogen-bond acceptors (Lipinski definition) is 5. The minimum atomic E-state index is 0.104. The van der Waals surface area contributed by atoms with Gasteiger partial charge in [-0.3, -0.25) is 0 Å². The molecule has 2 rings (SSSR count). The molecule has 3 nitrogen and oxygen atoms in total. The van der Waals surface area contributed by atoms with Crippen LogP contribution in [0.1, 0.15) is 26.3 Å². The second kappa shape index (κ2) is 6.35. The molecular formula is C13H16BrN3S2. The summed E-state index contributed by atoms with van der Waals surface area (Å²) in [4.78, 5) is 1.22. The number of nitrogens with zero attached hydrogens (tertiary/aromatic N) is 2. The molecule has 0 aliphatic carbocycles. The van der Waals surface area contributed by atoms with Crippen LogP contribution in [-0.2, 0) is 6.54 Å². The number of benzene rings is 1. The average molecular weight is 358 g/mol. The first kappa shape index (κ1) is 15.0. The summed E-state index contributed by atoms with van der Waals surface area (Å²) in [5.41, 5.74) is 3.13. The lowest BCUT2D eigenvalue weighted by Gasteiger charge is -2.21. The Bertz CT molecular complexity index is 535. The SMILES string of the molecule is CC(C)(C)NCc1cc(Br)ccc1Sc1nncs1. The van der Waals surface area contributed by atoms with Crippen LogP contribution in [0.2, 0.25) is 0 Å². The van der Waals surface area contributed by atoms with Gasteiger partial charge in [-0.2, -0.15) is 0 Å². The Morgan fingerprint density at radius 1 is 1.37 bits per heavy atom. The van der Waals surface area contributed by atoms with E-state index in [9.17, 15) is 0 Å². The monoisotopic (exact) mass is 357 g/mol. The third-order valence-corrected chi connectivity index (χ3v) is 4.76. The van der Waals surface area contributed by atoms with Crippen LogP contribution in [0, 0.1) is 0 Å². The van der Waals surface area contributed by atoms with E-state index in [1.54, 1.807) is 28.6 Å². The Kier molecular flexibility index (Phi) is 5.00. The molecule has 0 atom stereocenters. The number of rotatable bonds is 4. The van der Waals surface area contributed by atoms with Crippen LogP contribution >= 0.6 is 39.0 Å². The van der Waals surface area contributed by atoms with Crippen molar-refractivity contribution in [1.29, 1.82) is 0 Å². The standard InChI is InChI=1S/C13H16BrN3S2/c1-13(2,3)15-7-9-6-10(14)4-5-11(9)19-12-17-16-8-18-12/h4-6,8,15H,7H2,1-3H3. The van der Waals surface area contributed by atoms with Crippen molar-refractivity contribution < 1.29 is 0 Å². The Labute approximate surface area is 130 Å². The number of hydrogen-bond donors (Lipinski definition) is 1. The molecule has 6 heteroatoms. The topological polar surface area (TPSA) is 37.8 Å². The van der Waals surface area contributed by atoms with Gasteiger partial charge in [0.15, 0.2) is 4.34 Å². The molecule has 0 saturated heterocycles. The van der Waals surface area contributed by atoms with Crippen LogP contribution in [-0.4, -0.2) is 15.7 Å². The maximum Gasteiger partial charge on any atom is 0.178 e. The highest BCUT2D eigenvalue weighted by Gasteiger charge is 2.12. The van der Waals surface area contributed by atoms with Crippen LogP contribution in [0.25, 0.3) is 0 Å². The fraction of sp³-hybridized carbons (Fsp3) is 0.385. The highest BCUT2D eigenvalue weighted by molar-refractivity contribution is 9.10. The van der Waals surface area contributed by atoms with E-state index in [0.29, 0.717) is 0 Å². The summed E-state index contributed by atoms with van der Waals surface area (Å²) in [6, 6.07) is 6.34. The number of aromatic nitrogens is 2. The molecule has 1 heterocycles. The molecule has 102 valence electrons. The predicted octanol–water partition coefficient (Wildman–Crippen LogP) is 4.34. The molecule has 0 spiro atoms. The van der Waals surface area contributed by atoms with Crippen LogP contribution in [0.5, 0.6) is 0 Å². The molecular weight excluding hydrogens is 342 g/mol. The first-order valence-electron chi connectivity index (χ1n) is 5.91. The molecule has 0 aliphatic rings. The predicted molar refractivity (Wildman–Crippen MR) is 84.8 cm³/mol. The summed E-state index contributed by atoms with van der Waals surface area (Å²) in [5, 5.41) is 11.5. The van der Waals surface area contributed by atoms with Gasteiger partial charge in [-0.25, -0.2) is 0 Å². The Morgan fingerprint density at radius 2 is 2.16 bits per heavy atom. The van der Waals surface area contributed by atoms with E-state index < -0.39 is 0 Å². The van der Waals surface area contributed by atoms with Crippen molar-refractivity contribution in [1.82, 2.24) is 15.5 Å². The minimum absolute atomic E-state index is 0.104. The van der Waals surface area contributed by atoms with Gasteiger partial charge in [-0.1, -0.05) is 39.0 Å². The van der Waals surface area contributed by atoms with Gasteiger partial charge >= 0.3 is 0 Å². The van der Waals surface area contributed by atoms with E-state index in [1.807, 2.05) is 0 Å². The molecule has 1 N–H and O–H groups in total. The summed E-state index contributed by atoms with van der Waals surface area (Å²) < 4.78 is 2.07. The lowest BCUT2D eigenvalue weighted by atomic mass is 10.1. The lowest BCUT2D eigenvalue weighted by Crippen LogP contribution is -2.35. The molecule has 2 aromatic rings. The van der Waals surface area contributed by atoms with Crippen LogP contribution < -0.4 is 5.32 Å². The molecule has 0 radical (unpaired) electrons. The number of nitrogens with one attached hydrogen (secondary N) is 1. The Balaban J connectivity index is 2.18. The van der Waals surface area contributed by atoms with E-state index in [1.165, 1.54) is 10.5 Å². The second-order valence-corrected chi connectivity index (χ2v) is 8.20. The maximum absolute atomic E-state index is 4.08. The van der Waals surface area contributed by atoms with Gasteiger partial charge in [0.25, 0.3) is 0 Å². The van der Waals surface area contributed by atoms with Crippen molar-refractivity contribution in [3.63, 3.8) is 0 Å². The van der Waals surface area contributed by atoms with E-state index in [0.717, 1.165) is 15.4 Å². The minimum Gasteiger partial charge on any atom is -0.308 e. The first-order valence-corrected chi connectivity index (χ1v) is 8.40. The molecule has 1 aromatic carbocycles. The summed E-state index contributed by atoms with van der Waals surface area (Å²) in [5.74, 6) is 0. The largest absolute Gasteiger partial charge is 0.308 e. The van der Waals surface area contributed by atoms with Crippen LogP contribution in [0.15, 0.2) is 37.4 Å². The highest BCUT2D eigenvalue weighted by Crippen LogP contribution is 2.32. The van der Waals surface area contributed by atoms with Gasteiger partial charge in [0.2, 0.25) is 0 Å². The van der Waals surface area contributed by atoms with Crippen molar-refractivity contribution in [2.75, 3.05) is 0 Å². The van der Waals surface area contributed by atoms with Gasteiger partial charge in [0.1, 0.15) is 5.51 Å². The average Bonchev–Trinajstić information content (AvgIpc) is 2.81. The Hall–Kier alpha value is -0.430. The van der Waals surface area contributed by atoms with Gasteiger partial charge in [-0.15, -0.1) is 10.2 Å². The van der Waals surface area contributed by atoms with Crippen LogP contribution in [0.3, 0.4) is 0 Å². The molecule has 0 aliphatic heterocycles. The summed E-state index contributed by atoms with van der Waals surface area (Å²) in [6.07, 6.45) is 0. The smallest absolute Gasteiger partial charge is 0.178 e. The van der Waals surface area contributed by atoms with Crippen molar-refractivity contribution >= 4 is 39.0 Å². The molecule has 0 saturated carbocycles. The van der Waals surface area contributed by atoms with Gasteiger partial charge in [0.05, 0.1) is 0 Å². The highest BCUT2D eigenvalue weighted by atomic mass is 79.9. The van der Waals surface area contributed by atoms with Crippen molar-refractivity contribution in [2.24, 2.45) is 0 Å². The van der Waals surface area contributed by atoms with Crippen molar-refractivity contribution in [2.45, 2.75) is 42.1 Å². The Morgan fingerprint density at radius 3 is 2.79 bits per heavy atom. The van der Waals surface area contributed by atoms with Gasteiger partial charge in [-0.05, 0) is 44.5 Å². The van der Waals surface area contributed by atoms with E-state index in [2.05, 4.69) is 70.4 Å². The summed E-state index contributed by atoms with van der Waals surface area (Å²) in [7, 11) is 0. The van der Waals surface area contributed by atoms with Crippen molar-refractivity contribution in [3.05, 3.63) is 33.7 Å². The van der Waals surface area contributed by atoms with E-state index >= 15 is 0 Å². The summed E-state index contributed by atoms with van der Waals surface area (Å²) in [6.45, 7) is 7.34. The maximum atomic E-state index is 4.08. The zero-order valence-corrected chi connectivity index (χ0v) is 14.3. The first-order chi connectivity index (χ1) is 8.94. The normalized spacial score (nSPS) is 11.8. The van der Waals surface area contributed by atoms with E-state index in [-0.39, 0.29) is 5.54 Å². The van der Waals surface area contributed by atoms with Crippen LogP contribution in [0.4, 0.5) is 0 Å². The molecule has 0 amide bonds. The quantitative estimate of drug-likeness (QED) is 0.882. The third-order valence-electron chi connectivity index (χ3n) is 2.37.